The molecule has 800 valence electrons. The van der Waals surface area contributed by atoms with Gasteiger partial charge in [0.1, 0.15) is 0 Å². The van der Waals surface area contributed by atoms with E-state index in [1.165, 1.54) is 0 Å². The molecule has 135 heavy (non-hydrogen) atoms. The van der Waals surface area contributed by atoms with Crippen LogP contribution >= 0.6 is 0 Å². The summed E-state index contributed by atoms with van der Waals surface area (Å²) >= 11 is 0. The Morgan fingerprint density at radius 3 is 0.0741 bits per heavy atom. The molecular weight excluding hydrogens is 2800 g/mol. The molecule has 0 unspecified atom stereocenters. The van der Waals surface area contributed by atoms with Crippen molar-refractivity contribution in [1.29, 1.82) is 0 Å². The Kier molecular flexibility index (Phi) is 210. The van der Waals surface area contributed by atoms with Crippen molar-refractivity contribution < 1.29 is 438 Å². The molecule has 0 amide bonds. The van der Waals surface area contributed by atoms with E-state index in [1.54, 1.807) is 0 Å². The number of rotatable bonds is 0. The maximum absolute atomic E-state index is 8.74. The van der Waals surface area contributed by atoms with Crippen molar-refractivity contribution in [3.8, 4) is 0 Å². The largest absolute Gasteiger partial charge is 2.00 e. The quantitative estimate of drug-likeness (QED) is 0.0608. The van der Waals surface area contributed by atoms with Gasteiger partial charge >= 0.3 is 533 Å². The van der Waals surface area contributed by atoms with Crippen LogP contribution in [-0.2, 0) is 260 Å². The fourth-order valence-electron chi connectivity index (χ4n) is 0. The maximum atomic E-state index is 8.74. The van der Waals surface area contributed by atoms with Gasteiger partial charge in [0.15, 0.2) is 0 Å². The summed E-state index contributed by atoms with van der Waals surface area (Å²) in [5.41, 5.74) is 0. The van der Waals surface area contributed by atoms with Gasteiger partial charge in [-0.15, -0.1) is 0 Å². The first kappa shape index (κ1) is 248. The van der Waals surface area contributed by atoms with Crippen LogP contribution in [0, 0.1) is 0 Å². The van der Waals surface area contributed by atoms with Gasteiger partial charge in [-0.05, 0) is 0 Å². The molecule has 0 radical (unpaired) electrons. The summed E-state index contributed by atoms with van der Waals surface area (Å²) in [6.07, 6.45) is 0. The molecule has 0 aromatic heterocycles. The van der Waals surface area contributed by atoms with E-state index in [9.17, 15) is 0 Å². The molecule has 30 N–H and O–H groups in total. The number of hydrogen-bond donors (Lipinski definition) is 30. The average molecular weight is 2830 g/mol. The summed E-state index contributed by atoms with van der Waals surface area (Å²) in [6.45, 7) is 0. The van der Waals surface area contributed by atoms with Crippen LogP contribution < -0.4 is 0 Å². The Morgan fingerprint density at radius 2 is 0.0741 bits per heavy atom. The molecule has 0 aliphatic rings. The third kappa shape index (κ3) is 32800. The minimum absolute atomic E-state index is 0. The van der Waals surface area contributed by atoms with Gasteiger partial charge in [0.25, 0.3) is 0 Å². The molecule has 135 heteroatoms. The van der Waals surface area contributed by atoms with Crippen LogP contribution in [0.4, 0.5) is 0 Å². The standard InChI is InChI=1S/10Ca.25H2O4S/c;;;;;;;;;;25*1-5(2,3)4/h;;;;;;;;;;25*(H2,1,2,3,4)/q10*+2;;;;;;;;;;;;;;;;;;;;;;;;;/p-20. The van der Waals surface area contributed by atoms with Crippen LogP contribution in [0.2, 0.25) is 0 Å². The zero-order chi connectivity index (χ0) is 112. The molecule has 0 fully saturated rings. The third-order valence-electron chi connectivity index (χ3n) is 0. The molecule has 0 saturated carbocycles. The first-order valence-electron chi connectivity index (χ1n) is 17.1. The van der Waals surface area contributed by atoms with Gasteiger partial charge < -0.3 is 91.1 Å². The summed E-state index contributed by atoms with van der Waals surface area (Å²) < 4.78 is 815. The van der Waals surface area contributed by atoms with Crippen molar-refractivity contribution in [3.63, 3.8) is 0 Å². The molecule has 0 bridgehead atoms. The minimum Gasteiger partial charge on any atom is -0.759 e. The Morgan fingerprint density at radius 1 is 0.0741 bits per heavy atom. The van der Waals surface area contributed by atoms with E-state index < -0.39 is 260 Å². The Bertz CT molecular complexity index is 3960. The van der Waals surface area contributed by atoms with Crippen LogP contribution in [-0.4, -0.2) is 815 Å². The predicted molar refractivity (Wildman–Crippen MR) is 375 cm³/mol. The van der Waals surface area contributed by atoms with E-state index >= 15 is 0 Å². The van der Waals surface area contributed by atoms with E-state index in [-0.39, 0.29) is 377 Å². The molecule has 0 saturated heterocycles. The van der Waals surface area contributed by atoms with Crippen molar-refractivity contribution in [2.24, 2.45) is 0 Å². The second-order valence-corrected chi connectivity index (χ2v) is 32.4. The summed E-state index contributed by atoms with van der Waals surface area (Å²) in [7, 11) is -122. The first-order chi connectivity index (χ1) is 50.0. The second-order valence-electron chi connectivity index (χ2n) is 10.8. The van der Waals surface area contributed by atoms with Gasteiger partial charge in [-0.25, -0.2) is 0 Å². The topological polar surface area (TPSA) is 1920 Å². The SMILES string of the molecule is O=S(=O)(O)O.O=S(=O)(O)O.O=S(=O)(O)O.O=S(=O)(O)O.O=S(=O)(O)O.O=S(=O)(O)O.O=S(=O)(O)O.O=S(=O)(O)O.O=S(=O)(O)O.O=S(=O)(O)O.O=S(=O)(O)O.O=S(=O)(O)O.O=S(=O)(O)O.O=S(=O)(O)O.O=S(=O)(O)O.O=S(=O)([O-])[O-].O=S(=O)([O-])[O-].O=S(=O)([O-])[O-].O=S(=O)([O-])[O-].O=S(=O)([O-])[O-].O=S(=O)([O-])[O-].O=S(=O)([O-])[O-].O=S(=O)([O-])[O-].O=S(=O)([O-])[O-].O=S(=O)([O-])[O-].[Ca+2].[Ca+2].[Ca+2].[Ca+2].[Ca+2].[Ca+2].[Ca+2].[Ca+2].[Ca+2].[Ca+2]. The summed E-state index contributed by atoms with van der Waals surface area (Å²) in [5.74, 6) is 0. The van der Waals surface area contributed by atoms with Crippen molar-refractivity contribution in [1.82, 2.24) is 0 Å². The molecular formula is H30Ca10O100S25. The van der Waals surface area contributed by atoms with E-state index in [4.69, 9.17) is 438 Å². The molecule has 0 rings (SSSR count). The van der Waals surface area contributed by atoms with Crippen molar-refractivity contribution >= 4 is 637 Å². The molecule has 0 spiro atoms. The Balaban J connectivity index is -0.0000000233. The zero-order valence-corrected chi connectivity index (χ0v) is 102. The Labute approximate surface area is 1050 Å². The zero-order valence-electron chi connectivity index (χ0n) is 59.3. The van der Waals surface area contributed by atoms with Gasteiger partial charge in [-0.3, -0.25) is 221 Å². The van der Waals surface area contributed by atoms with Crippen LogP contribution in [0.25, 0.3) is 0 Å². The molecule has 0 aliphatic carbocycles. The molecule has 0 aliphatic heterocycles. The molecule has 100 nitrogen and oxygen atoms in total. The van der Waals surface area contributed by atoms with Crippen molar-refractivity contribution in [2.45, 2.75) is 0 Å². The van der Waals surface area contributed by atoms with Crippen molar-refractivity contribution in [3.05, 3.63) is 0 Å². The maximum Gasteiger partial charge on any atom is 2.00 e. The third-order valence-corrected chi connectivity index (χ3v) is 0. The summed E-state index contributed by atoms with van der Waals surface area (Å²) in [4.78, 5) is 0. The van der Waals surface area contributed by atoms with Gasteiger partial charge in [0.05, 0.1) is 0 Å². The van der Waals surface area contributed by atoms with Gasteiger partial charge in [0, 0.05) is 104 Å². The van der Waals surface area contributed by atoms with E-state index in [0.717, 1.165) is 0 Å². The van der Waals surface area contributed by atoms with Crippen LogP contribution in [0.5, 0.6) is 0 Å². The van der Waals surface area contributed by atoms with Gasteiger partial charge in [-0.1, -0.05) is 0 Å². The smallest absolute Gasteiger partial charge is 0.759 e. The molecule has 0 heterocycles. The first-order valence-corrected chi connectivity index (χ1v) is 51.4. The van der Waals surface area contributed by atoms with Gasteiger partial charge in [-0.2, -0.15) is 126 Å². The van der Waals surface area contributed by atoms with Crippen LogP contribution in [0.3, 0.4) is 0 Å². The van der Waals surface area contributed by atoms with Gasteiger partial charge in [0.2, 0.25) is 0 Å². The molecule has 0 aromatic rings. The van der Waals surface area contributed by atoms with E-state index in [1.807, 2.05) is 0 Å². The fourth-order valence-corrected chi connectivity index (χ4v) is 0. The minimum atomic E-state index is -5.17. The molecule has 0 aromatic carbocycles. The average Bonchev–Trinajstić information content (AvgIpc) is 3.03. The van der Waals surface area contributed by atoms with Crippen molar-refractivity contribution in [2.75, 3.05) is 0 Å². The predicted octanol–water partition coefficient (Wildman–Crippen LogP) is -27.0. The second kappa shape index (κ2) is 114. The van der Waals surface area contributed by atoms with E-state index in [2.05, 4.69) is 0 Å². The van der Waals surface area contributed by atoms with E-state index in [0.29, 0.717) is 0 Å². The molecule has 0 atom stereocenters. The summed E-state index contributed by atoms with van der Waals surface area (Å²) in [6, 6.07) is 0. The fraction of sp³-hybridized carbons (Fsp3) is 0. The van der Waals surface area contributed by atoms with Crippen LogP contribution in [0.15, 0.2) is 0 Å². The monoisotopic (exact) mass is 2830 g/mol. The Hall–Kier alpha value is 9.35. The summed E-state index contributed by atoms with van der Waals surface area (Å²) in [5, 5.41) is 0. The number of hydrogen-bond acceptors (Lipinski definition) is 70. The normalized spacial score (nSPS) is 10.7. The van der Waals surface area contributed by atoms with Crippen LogP contribution in [0.1, 0.15) is 0 Å².